The molecule has 1 aromatic carbocycles. The lowest BCUT2D eigenvalue weighted by atomic mass is 10.1. The van der Waals surface area contributed by atoms with Gasteiger partial charge < -0.3 is 15.4 Å². The number of carbonyl (C=O) groups excluding carboxylic acids is 1. The molecule has 2 rings (SSSR count). The summed E-state index contributed by atoms with van der Waals surface area (Å²) < 4.78 is 5.04. The second-order valence-electron chi connectivity index (χ2n) is 4.58. The van der Waals surface area contributed by atoms with Crippen molar-refractivity contribution in [1.29, 1.82) is 0 Å². The number of benzene rings is 1. The van der Waals surface area contributed by atoms with Gasteiger partial charge in [-0.3, -0.25) is 0 Å². The minimum absolute atomic E-state index is 0.346. The lowest BCUT2D eigenvalue weighted by Gasteiger charge is -2.36. The Kier molecular flexibility index (Phi) is 4.58. The zero-order chi connectivity index (χ0) is 13.8. The van der Waals surface area contributed by atoms with Crippen molar-refractivity contribution in [2.75, 3.05) is 35.3 Å². The summed E-state index contributed by atoms with van der Waals surface area (Å²) in [6.45, 7) is 5.30. The van der Waals surface area contributed by atoms with E-state index in [-0.39, 0.29) is 5.97 Å². The molecule has 1 aliphatic rings. The Balaban J connectivity index is 2.31. The van der Waals surface area contributed by atoms with Gasteiger partial charge in [0.1, 0.15) is 0 Å². The van der Waals surface area contributed by atoms with E-state index < -0.39 is 0 Å². The molecule has 0 spiro atoms. The summed E-state index contributed by atoms with van der Waals surface area (Å²) in [6.07, 6.45) is 0. The molecule has 0 bridgehead atoms. The molecule has 1 aromatic rings. The van der Waals surface area contributed by atoms with E-state index in [4.69, 9.17) is 10.5 Å². The van der Waals surface area contributed by atoms with Gasteiger partial charge in [0.25, 0.3) is 0 Å². The van der Waals surface area contributed by atoms with Crippen molar-refractivity contribution < 1.29 is 9.53 Å². The van der Waals surface area contributed by atoms with Crippen LogP contribution in [0.5, 0.6) is 0 Å². The molecule has 0 amide bonds. The topological polar surface area (TPSA) is 55.6 Å². The fourth-order valence-corrected chi connectivity index (χ4v) is 3.29. The molecule has 5 heteroatoms. The van der Waals surface area contributed by atoms with Crippen molar-refractivity contribution in [3.05, 3.63) is 23.8 Å². The number of carbonyl (C=O) groups is 1. The zero-order valence-electron chi connectivity index (χ0n) is 11.4. The zero-order valence-corrected chi connectivity index (χ0v) is 12.2. The predicted octanol–water partition coefficient (Wildman–Crippen LogP) is 2.39. The molecule has 0 aliphatic carbocycles. The predicted molar refractivity (Wildman–Crippen MR) is 80.9 cm³/mol. The van der Waals surface area contributed by atoms with E-state index in [9.17, 15) is 4.79 Å². The molecule has 1 fully saturated rings. The molecule has 2 N–H and O–H groups in total. The minimum Gasteiger partial charge on any atom is -0.462 e. The highest BCUT2D eigenvalue weighted by Crippen LogP contribution is 2.31. The molecule has 4 nitrogen and oxygen atoms in total. The van der Waals surface area contributed by atoms with Crippen molar-refractivity contribution in [3.8, 4) is 0 Å². The monoisotopic (exact) mass is 280 g/mol. The SMILES string of the molecule is CCOC(=O)c1cccc(N2CCSCC2C)c1N. The number of hydrogen-bond acceptors (Lipinski definition) is 5. The first-order valence-electron chi connectivity index (χ1n) is 6.55. The molecular formula is C14H20N2O2S. The summed E-state index contributed by atoms with van der Waals surface area (Å²) in [5.74, 6) is 1.83. The molecule has 1 heterocycles. The van der Waals surface area contributed by atoms with Gasteiger partial charge in [-0.25, -0.2) is 4.79 Å². The highest BCUT2D eigenvalue weighted by atomic mass is 32.2. The lowest BCUT2D eigenvalue weighted by molar-refractivity contribution is 0.0527. The Morgan fingerprint density at radius 1 is 1.58 bits per heavy atom. The molecule has 1 aliphatic heterocycles. The maximum Gasteiger partial charge on any atom is 0.340 e. The first-order valence-corrected chi connectivity index (χ1v) is 7.70. The number of nitrogens with zero attached hydrogens (tertiary/aromatic N) is 1. The van der Waals surface area contributed by atoms with E-state index >= 15 is 0 Å². The fourth-order valence-electron chi connectivity index (χ4n) is 2.28. The highest BCUT2D eigenvalue weighted by molar-refractivity contribution is 7.99. The molecule has 0 saturated carbocycles. The first kappa shape index (κ1) is 14.1. The van der Waals surface area contributed by atoms with Crippen LogP contribution in [0.15, 0.2) is 18.2 Å². The van der Waals surface area contributed by atoms with Gasteiger partial charge in [0.2, 0.25) is 0 Å². The second-order valence-corrected chi connectivity index (χ2v) is 5.73. The minimum atomic E-state index is -0.346. The molecule has 19 heavy (non-hydrogen) atoms. The van der Waals surface area contributed by atoms with Gasteiger partial charge in [0.05, 0.1) is 23.5 Å². The largest absolute Gasteiger partial charge is 0.462 e. The number of thioether (sulfide) groups is 1. The van der Waals surface area contributed by atoms with Crippen LogP contribution >= 0.6 is 11.8 Å². The van der Waals surface area contributed by atoms with Crippen LogP contribution in [0.3, 0.4) is 0 Å². The van der Waals surface area contributed by atoms with Crippen LogP contribution in [0.25, 0.3) is 0 Å². The molecule has 0 aromatic heterocycles. The van der Waals surface area contributed by atoms with Crippen molar-refractivity contribution in [1.82, 2.24) is 0 Å². The average Bonchev–Trinajstić information content (AvgIpc) is 2.40. The Hall–Kier alpha value is -1.36. The Bertz CT molecular complexity index is 465. The molecule has 104 valence electrons. The van der Waals surface area contributed by atoms with Crippen LogP contribution < -0.4 is 10.6 Å². The number of ether oxygens (including phenoxy) is 1. The summed E-state index contributed by atoms with van der Waals surface area (Å²) >= 11 is 1.95. The molecule has 1 atom stereocenters. The number of nitrogens with two attached hydrogens (primary N) is 1. The lowest BCUT2D eigenvalue weighted by Crippen LogP contribution is -2.40. The van der Waals surface area contributed by atoms with E-state index in [1.54, 1.807) is 13.0 Å². The maximum atomic E-state index is 11.9. The van der Waals surface area contributed by atoms with Gasteiger partial charge in [-0.1, -0.05) is 6.07 Å². The van der Waals surface area contributed by atoms with Gasteiger partial charge in [-0.15, -0.1) is 0 Å². The first-order chi connectivity index (χ1) is 9.15. The van der Waals surface area contributed by atoms with E-state index in [0.717, 1.165) is 23.7 Å². The van der Waals surface area contributed by atoms with Crippen LogP contribution in [0.1, 0.15) is 24.2 Å². The van der Waals surface area contributed by atoms with Gasteiger partial charge >= 0.3 is 5.97 Å². The number of esters is 1. The normalized spacial score (nSPS) is 19.3. The number of hydrogen-bond donors (Lipinski definition) is 1. The summed E-state index contributed by atoms with van der Waals surface area (Å²) in [5.41, 5.74) is 8.09. The highest BCUT2D eigenvalue weighted by Gasteiger charge is 2.23. The third-order valence-electron chi connectivity index (χ3n) is 3.26. The van der Waals surface area contributed by atoms with Crippen LogP contribution in [-0.4, -0.2) is 36.7 Å². The Morgan fingerprint density at radius 3 is 3.05 bits per heavy atom. The van der Waals surface area contributed by atoms with Crippen molar-refractivity contribution in [3.63, 3.8) is 0 Å². The van der Waals surface area contributed by atoms with Crippen molar-refractivity contribution in [2.45, 2.75) is 19.9 Å². The average molecular weight is 280 g/mol. The third-order valence-corrected chi connectivity index (χ3v) is 4.44. The van der Waals surface area contributed by atoms with Crippen LogP contribution in [0.4, 0.5) is 11.4 Å². The van der Waals surface area contributed by atoms with Gasteiger partial charge in [-0.2, -0.15) is 11.8 Å². The van der Waals surface area contributed by atoms with Crippen LogP contribution in [0.2, 0.25) is 0 Å². The van der Waals surface area contributed by atoms with Gasteiger partial charge in [0, 0.05) is 24.1 Å². The standard InChI is InChI=1S/C14H20N2O2S/c1-3-18-14(17)11-5-4-6-12(13(11)15)16-7-8-19-9-10(16)2/h4-6,10H,3,7-9,15H2,1-2H3. The van der Waals surface area contributed by atoms with E-state index in [0.29, 0.717) is 23.9 Å². The van der Waals surface area contributed by atoms with E-state index in [1.807, 2.05) is 23.9 Å². The number of para-hydroxylation sites is 1. The molecule has 1 saturated heterocycles. The summed E-state index contributed by atoms with van der Waals surface area (Å²) in [5, 5.41) is 0. The molecular weight excluding hydrogens is 260 g/mol. The number of rotatable bonds is 3. The van der Waals surface area contributed by atoms with Crippen LogP contribution in [0, 0.1) is 0 Å². The maximum absolute atomic E-state index is 11.9. The van der Waals surface area contributed by atoms with Gasteiger partial charge in [0.15, 0.2) is 0 Å². The van der Waals surface area contributed by atoms with E-state index in [2.05, 4.69) is 11.8 Å². The second kappa shape index (κ2) is 6.19. The number of nitrogen functional groups attached to an aromatic ring is 1. The Morgan fingerprint density at radius 2 is 2.37 bits per heavy atom. The van der Waals surface area contributed by atoms with E-state index in [1.165, 1.54) is 0 Å². The smallest absolute Gasteiger partial charge is 0.340 e. The van der Waals surface area contributed by atoms with Crippen molar-refractivity contribution in [2.24, 2.45) is 0 Å². The third kappa shape index (κ3) is 2.97. The van der Waals surface area contributed by atoms with Crippen molar-refractivity contribution >= 4 is 29.1 Å². The molecule has 0 radical (unpaired) electrons. The summed E-state index contributed by atoms with van der Waals surface area (Å²) in [4.78, 5) is 14.1. The summed E-state index contributed by atoms with van der Waals surface area (Å²) in [7, 11) is 0. The molecule has 1 unspecified atom stereocenters. The number of anilines is 2. The fraction of sp³-hybridized carbons (Fsp3) is 0.500. The quantitative estimate of drug-likeness (QED) is 0.680. The summed E-state index contributed by atoms with van der Waals surface area (Å²) in [6, 6.07) is 6.00. The Labute approximate surface area is 118 Å². The van der Waals surface area contributed by atoms with Crippen LogP contribution in [-0.2, 0) is 4.74 Å². The van der Waals surface area contributed by atoms with Gasteiger partial charge in [-0.05, 0) is 26.0 Å².